The highest BCUT2D eigenvalue weighted by molar-refractivity contribution is 6.10. The smallest absolute Gasteiger partial charge is 0.196 e. The van der Waals surface area contributed by atoms with Gasteiger partial charge in [-0.25, -0.2) is 8.78 Å². The molecule has 0 amide bonds. The molecule has 0 saturated carbocycles. The summed E-state index contributed by atoms with van der Waals surface area (Å²) in [5.74, 6) is -1.26. The summed E-state index contributed by atoms with van der Waals surface area (Å²) in [6.45, 7) is 1.68. The monoisotopic (exact) mass is 262 g/mol. The summed E-state index contributed by atoms with van der Waals surface area (Å²) < 4.78 is 31.6. The molecule has 0 spiro atoms. The van der Waals surface area contributed by atoms with Crippen LogP contribution >= 0.6 is 0 Å². The van der Waals surface area contributed by atoms with Crippen LogP contribution in [0.2, 0.25) is 0 Å². The molecule has 0 aliphatic rings. The third-order valence-electron chi connectivity index (χ3n) is 2.71. The van der Waals surface area contributed by atoms with Crippen LogP contribution < -0.4 is 4.74 Å². The van der Waals surface area contributed by atoms with Crippen molar-refractivity contribution in [2.75, 3.05) is 7.11 Å². The lowest BCUT2D eigenvalue weighted by atomic mass is 10.0. The fourth-order valence-corrected chi connectivity index (χ4v) is 1.88. The number of aryl methyl sites for hydroxylation is 1. The van der Waals surface area contributed by atoms with Crippen LogP contribution in [0.3, 0.4) is 0 Å². The molecule has 2 nitrogen and oxygen atoms in total. The summed E-state index contributed by atoms with van der Waals surface area (Å²) >= 11 is 0. The molecule has 98 valence electrons. The minimum Gasteiger partial charge on any atom is -0.496 e. The number of methoxy groups -OCH3 is 1. The van der Waals surface area contributed by atoms with E-state index in [1.165, 1.54) is 25.3 Å². The van der Waals surface area contributed by atoms with Crippen molar-refractivity contribution in [2.45, 2.75) is 6.92 Å². The number of ether oxygens (including phenoxy) is 1. The third kappa shape index (κ3) is 2.78. The van der Waals surface area contributed by atoms with Gasteiger partial charge in [0.1, 0.15) is 17.4 Å². The second-order valence-corrected chi connectivity index (χ2v) is 4.19. The van der Waals surface area contributed by atoms with Crippen LogP contribution in [0, 0.1) is 18.6 Å². The molecule has 0 unspecified atom stereocenters. The van der Waals surface area contributed by atoms with Gasteiger partial charge in [-0.15, -0.1) is 0 Å². The molecule has 19 heavy (non-hydrogen) atoms. The topological polar surface area (TPSA) is 26.3 Å². The zero-order chi connectivity index (χ0) is 14.0. The molecule has 0 N–H and O–H groups in total. The van der Waals surface area contributed by atoms with E-state index in [-0.39, 0.29) is 16.9 Å². The van der Waals surface area contributed by atoms with Gasteiger partial charge in [-0.3, -0.25) is 4.79 Å². The largest absolute Gasteiger partial charge is 0.496 e. The maximum absolute atomic E-state index is 13.3. The first kappa shape index (κ1) is 13.2. The van der Waals surface area contributed by atoms with Crippen molar-refractivity contribution in [3.8, 4) is 5.75 Å². The van der Waals surface area contributed by atoms with E-state index in [1.807, 2.05) is 0 Å². The molecule has 0 saturated heterocycles. The summed E-state index contributed by atoms with van der Waals surface area (Å²) in [5.41, 5.74) is 0.868. The van der Waals surface area contributed by atoms with E-state index < -0.39 is 17.4 Å². The van der Waals surface area contributed by atoms with Gasteiger partial charge in [0.15, 0.2) is 5.78 Å². The van der Waals surface area contributed by atoms with Crippen LogP contribution in [0.25, 0.3) is 0 Å². The van der Waals surface area contributed by atoms with Crippen LogP contribution in [0.4, 0.5) is 8.78 Å². The van der Waals surface area contributed by atoms with Gasteiger partial charge in [-0.05, 0) is 48.9 Å². The quantitative estimate of drug-likeness (QED) is 0.791. The highest BCUT2D eigenvalue weighted by Crippen LogP contribution is 2.23. The second-order valence-electron chi connectivity index (χ2n) is 4.19. The van der Waals surface area contributed by atoms with Gasteiger partial charge in [-0.1, -0.05) is 0 Å². The molecule has 0 fully saturated rings. The fraction of sp³-hybridized carbons (Fsp3) is 0.133. The van der Waals surface area contributed by atoms with Gasteiger partial charge in [-0.2, -0.15) is 0 Å². The Hall–Kier alpha value is -2.23. The van der Waals surface area contributed by atoms with Crippen LogP contribution in [0.15, 0.2) is 36.4 Å². The normalized spacial score (nSPS) is 10.3. The average molecular weight is 262 g/mol. The molecule has 0 aliphatic heterocycles. The molecular weight excluding hydrogens is 250 g/mol. The molecule has 0 aromatic heterocycles. The van der Waals surface area contributed by atoms with E-state index in [0.717, 1.165) is 12.1 Å². The lowest BCUT2D eigenvalue weighted by molar-refractivity contribution is 0.103. The summed E-state index contributed by atoms with van der Waals surface area (Å²) in [6.07, 6.45) is 0. The van der Waals surface area contributed by atoms with Crippen molar-refractivity contribution < 1.29 is 18.3 Å². The number of rotatable bonds is 3. The molecule has 0 bridgehead atoms. The zero-order valence-corrected chi connectivity index (χ0v) is 10.5. The number of ketones is 1. The van der Waals surface area contributed by atoms with Gasteiger partial charge in [0, 0.05) is 5.56 Å². The standard InChI is InChI=1S/C15H12F2O2/c1-9-5-10(7-12(17)6-9)15(18)13-8-11(16)3-4-14(13)19-2/h3-8H,1-2H3. The Morgan fingerprint density at radius 1 is 1.05 bits per heavy atom. The molecule has 0 heterocycles. The van der Waals surface area contributed by atoms with Gasteiger partial charge in [0.2, 0.25) is 0 Å². The molecule has 0 atom stereocenters. The van der Waals surface area contributed by atoms with Crippen LogP contribution in [-0.4, -0.2) is 12.9 Å². The average Bonchev–Trinajstić information content (AvgIpc) is 2.36. The van der Waals surface area contributed by atoms with E-state index in [2.05, 4.69) is 0 Å². The molecule has 0 radical (unpaired) electrons. The predicted molar refractivity (Wildman–Crippen MR) is 67.5 cm³/mol. The first-order valence-electron chi connectivity index (χ1n) is 5.66. The predicted octanol–water partition coefficient (Wildman–Crippen LogP) is 3.51. The van der Waals surface area contributed by atoms with Gasteiger partial charge >= 0.3 is 0 Å². The lowest BCUT2D eigenvalue weighted by Crippen LogP contribution is -2.05. The Bertz CT molecular complexity index is 616. The Labute approximate surface area is 109 Å². The summed E-state index contributed by atoms with van der Waals surface area (Å²) in [7, 11) is 1.39. The lowest BCUT2D eigenvalue weighted by Gasteiger charge is -2.08. The van der Waals surface area contributed by atoms with Crippen molar-refractivity contribution >= 4 is 5.78 Å². The number of carbonyl (C=O) groups excluding carboxylic acids is 1. The summed E-state index contributed by atoms with van der Waals surface area (Å²) in [4.78, 5) is 12.3. The summed E-state index contributed by atoms with van der Waals surface area (Å²) in [5, 5.41) is 0. The zero-order valence-electron chi connectivity index (χ0n) is 10.5. The molecule has 0 aliphatic carbocycles. The minimum absolute atomic E-state index is 0.0764. The number of benzene rings is 2. The third-order valence-corrected chi connectivity index (χ3v) is 2.71. The molecule has 4 heteroatoms. The highest BCUT2D eigenvalue weighted by Gasteiger charge is 2.16. The van der Waals surface area contributed by atoms with E-state index >= 15 is 0 Å². The number of halogens is 2. The molecular formula is C15H12F2O2. The first-order chi connectivity index (χ1) is 9.01. The fourth-order valence-electron chi connectivity index (χ4n) is 1.88. The molecule has 2 aromatic carbocycles. The van der Waals surface area contributed by atoms with Crippen molar-refractivity contribution in [3.63, 3.8) is 0 Å². The first-order valence-corrected chi connectivity index (χ1v) is 5.66. The second kappa shape index (κ2) is 5.18. The number of carbonyl (C=O) groups is 1. The van der Waals surface area contributed by atoms with E-state index in [1.54, 1.807) is 13.0 Å². The Morgan fingerprint density at radius 2 is 1.79 bits per heavy atom. The van der Waals surface area contributed by atoms with Crippen molar-refractivity contribution in [1.29, 1.82) is 0 Å². The van der Waals surface area contributed by atoms with E-state index in [9.17, 15) is 13.6 Å². The Morgan fingerprint density at radius 3 is 2.42 bits per heavy atom. The SMILES string of the molecule is COc1ccc(F)cc1C(=O)c1cc(C)cc(F)c1. The summed E-state index contributed by atoms with van der Waals surface area (Å²) in [6, 6.07) is 7.65. The van der Waals surface area contributed by atoms with Crippen LogP contribution in [0.5, 0.6) is 5.75 Å². The van der Waals surface area contributed by atoms with Crippen LogP contribution in [-0.2, 0) is 0 Å². The maximum Gasteiger partial charge on any atom is 0.196 e. The minimum atomic E-state index is -0.544. The maximum atomic E-state index is 13.3. The van der Waals surface area contributed by atoms with Crippen molar-refractivity contribution in [1.82, 2.24) is 0 Å². The highest BCUT2D eigenvalue weighted by atomic mass is 19.1. The van der Waals surface area contributed by atoms with Crippen LogP contribution in [0.1, 0.15) is 21.5 Å². The number of hydrogen-bond acceptors (Lipinski definition) is 2. The molecule has 2 aromatic rings. The Balaban J connectivity index is 2.52. The van der Waals surface area contributed by atoms with Gasteiger partial charge < -0.3 is 4.74 Å². The van der Waals surface area contributed by atoms with Crippen molar-refractivity contribution in [2.24, 2.45) is 0 Å². The van der Waals surface area contributed by atoms with E-state index in [4.69, 9.17) is 4.74 Å². The van der Waals surface area contributed by atoms with Gasteiger partial charge in [0.25, 0.3) is 0 Å². The van der Waals surface area contributed by atoms with Gasteiger partial charge in [0.05, 0.1) is 12.7 Å². The molecule has 2 rings (SSSR count). The van der Waals surface area contributed by atoms with E-state index in [0.29, 0.717) is 5.56 Å². The van der Waals surface area contributed by atoms with Crippen molar-refractivity contribution in [3.05, 3.63) is 64.7 Å². The Kier molecular flexibility index (Phi) is 3.60. The number of hydrogen-bond donors (Lipinski definition) is 0.